The van der Waals surface area contributed by atoms with Gasteiger partial charge in [0.05, 0.1) is 12.7 Å². The monoisotopic (exact) mass is 207 g/mol. The van der Waals surface area contributed by atoms with E-state index in [9.17, 15) is 5.11 Å². The van der Waals surface area contributed by atoms with Gasteiger partial charge >= 0.3 is 0 Å². The number of benzene rings is 1. The Morgan fingerprint density at radius 3 is 2.87 bits per heavy atom. The summed E-state index contributed by atoms with van der Waals surface area (Å²) < 4.78 is 5.14. The number of methoxy groups -OCH3 is 1. The van der Waals surface area contributed by atoms with Crippen LogP contribution in [0, 0.1) is 0 Å². The SMILES string of the molecule is COc1cccc(CC2(O)CC(N)C2)c1. The van der Waals surface area contributed by atoms with Gasteiger partial charge in [-0.25, -0.2) is 0 Å². The number of aliphatic hydroxyl groups is 1. The van der Waals surface area contributed by atoms with Gasteiger partial charge in [0.1, 0.15) is 5.75 Å². The summed E-state index contributed by atoms with van der Waals surface area (Å²) in [6.07, 6.45) is 2.06. The van der Waals surface area contributed by atoms with Crippen LogP contribution in [0.25, 0.3) is 0 Å². The molecule has 0 atom stereocenters. The molecule has 0 spiro atoms. The van der Waals surface area contributed by atoms with Gasteiger partial charge in [0.25, 0.3) is 0 Å². The van der Waals surface area contributed by atoms with Crippen molar-refractivity contribution in [3.05, 3.63) is 29.8 Å². The van der Waals surface area contributed by atoms with Gasteiger partial charge in [0, 0.05) is 12.5 Å². The zero-order valence-corrected chi connectivity index (χ0v) is 8.94. The van der Waals surface area contributed by atoms with Gasteiger partial charge in [-0.2, -0.15) is 0 Å². The topological polar surface area (TPSA) is 55.5 Å². The highest BCUT2D eigenvalue weighted by Gasteiger charge is 2.40. The van der Waals surface area contributed by atoms with Crippen LogP contribution in [0.15, 0.2) is 24.3 Å². The molecule has 0 bridgehead atoms. The molecular weight excluding hydrogens is 190 g/mol. The minimum atomic E-state index is -0.591. The molecule has 3 N–H and O–H groups in total. The van der Waals surface area contributed by atoms with Crippen LogP contribution in [0.2, 0.25) is 0 Å². The molecule has 0 saturated heterocycles. The number of ether oxygens (including phenoxy) is 1. The molecule has 1 aromatic rings. The van der Waals surface area contributed by atoms with E-state index in [0.717, 1.165) is 11.3 Å². The Kier molecular flexibility index (Phi) is 2.67. The second-order valence-corrected chi connectivity index (χ2v) is 4.42. The van der Waals surface area contributed by atoms with E-state index >= 15 is 0 Å². The number of rotatable bonds is 3. The summed E-state index contributed by atoms with van der Waals surface area (Å²) >= 11 is 0. The number of hydrogen-bond donors (Lipinski definition) is 2. The second kappa shape index (κ2) is 3.83. The van der Waals surface area contributed by atoms with Crippen LogP contribution >= 0.6 is 0 Å². The van der Waals surface area contributed by atoms with Crippen molar-refractivity contribution >= 4 is 0 Å². The minimum absolute atomic E-state index is 0.167. The number of hydrogen-bond acceptors (Lipinski definition) is 3. The molecule has 2 rings (SSSR count). The van der Waals surface area contributed by atoms with Crippen molar-refractivity contribution in [1.82, 2.24) is 0 Å². The molecule has 15 heavy (non-hydrogen) atoms. The van der Waals surface area contributed by atoms with Crippen LogP contribution in [-0.4, -0.2) is 23.9 Å². The van der Waals surface area contributed by atoms with Gasteiger partial charge in [-0.05, 0) is 30.5 Å². The molecule has 1 aromatic carbocycles. The van der Waals surface area contributed by atoms with Crippen molar-refractivity contribution in [2.75, 3.05) is 7.11 Å². The Morgan fingerprint density at radius 1 is 1.53 bits per heavy atom. The molecule has 82 valence electrons. The van der Waals surface area contributed by atoms with Gasteiger partial charge in [-0.1, -0.05) is 12.1 Å². The molecule has 0 aromatic heterocycles. The molecule has 3 heteroatoms. The van der Waals surface area contributed by atoms with Crippen molar-refractivity contribution in [1.29, 1.82) is 0 Å². The van der Waals surface area contributed by atoms with Gasteiger partial charge in [-0.3, -0.25) is 0 Å². The fourth-order valence-electron chi connectivity index (χ4n) is 2.22. The summed E-state index contributed by atoms with van der Waals surface area (Å²) in [5.74, 6) is 0.833. The van der Waals surface area contributed by atoms with Crippen LogP contribution in [0.3, 0.4) is 0 Å². The summed E-state index contributed by atoms with van der Waals surface area (Å²) in [6, 6.07) is 7.98. The lowest BCUT2D eigenvalue weighted by Crippen LogP contribution is -2.52. The lowest BCUT2D eigenvalue weighted by Gasteiger charge is -2.42. The first-order chi connectivity index (χ1) is 7.11. The van der Waals surface area contributed by atoms with Crippen molar-refractivity contribution in [3.8, 4) is 5.75 Å². The summed E-state index contributed by atoms with van der Waals surface area (Å²) in [4.78, 5) is 0. The fourth-order valence-corrected chi connectivity index (χ4v) is 2.22. The third kappa shape index (κ3) is 2.30. The maximum Gasteiger partial charge on any atom is 0.119 e. The maximum absolute atomic E-state index is 10.1. The maximum atomic E-state index is 10.1. The van der Waals surface area contributed by atoms with E-state index in [4.69, 9.17) is 10.5 Å². The van der Waals surface area contributed by atoms with Gasteiger partial charge < -0.3 is 15.6 Å². The Labute approximate surface area is 89.9 Å². The van der Waals surface area contributed by atoms with Crippen molar-refractivity contribution in [2.45, 2.75) is 30.9 Å². The van der Waals surface area contributed by atoms with E-state index in [1.807, 2.05) is 24.3 Å². The molecule has 0 radical (unpaired) electrons. The van der Waals surface area contributed by atoms with Crippen molar-refractivity contribution in [2.24, 2.45) is 5.73 Å². The van der Waals surface area contributed by atoms with Gasteiger partial charge in [0.2, 0.25) is 0 Å². The summed E-state index contributed by atoms with van der Waals surface area (Å²) in [5, 5.41) is 10.1. The third-order valence-corrected chi connectivity index (χ3v) is 2.95. The van der Waals surface area contributed by atoms with E-state index in [1.54, 1.807) is 7.11 Å². The zero-order chi connectivity index (χ0) is 10.9. The normalized spacial score (nSPS) is 29.7. The van der Waals surface area contributed by atoms with Gasteiger partial charge in [-0.15, -0.1) is 0 Å². The molecule has 0 amide bonds. The van der Waals surface area contributed by atoms with E-state index in [-0.39, 0.29) is 6.04 Å². The van der Waals surface area contributed by atoms with E-state index < -0.39 is 5.60 Å². The highest BCUT2D eigenvalue weighted by atomic mass is 16.5. The molecular formula is C12H17NO2. The molecule has 1 aliphatic rings. The van der Waals surface area contributed by atoms with Crippen molar-refractivity contribution in [3.63, 3.8) is 0 Å². The molecule has 0 heterocycles. The standard InChI is InChI=1S/C12H17NO2/c1-15-11-4-2-3-9(5-11)6-12(14)7-10(13)8-12/h2-5,10,14H,6-8,13H2,1H3. The Hall–Kier alpha value is -1.06. The van der Waals surface area contributed by atoms with E-state index in [2.05, 4.69) is 0 Å². The predicted molar refractivity (Wildman–Crippen MR) is 58.9 cm³/mol. The average Bonchev–Trinajstić information content (AvgIpc) is 2.16. The molecule has 3 nitrogen and oxygen atoms in total. The van der Waals surface area contributed by atoms with Crippen LogP contribution in [0.5, 0.6) is 5.75 Å². The first-order valence-electron chi connectivity index (χ1n) is 5.22. The zero-order valence-electron chi connectivity index (χ0n) is 8.94. The van der Waals surface area contributed by atoms with E-state index in [0.29, 0.717) is 19.3 Å². The fraction of sp³-hybridized carbons (Fsp3) is 0.500. The molecule has 0 aliphatic heterocycles. The van der Waals surface area contributed by atoms with Crippen molar-refractivity contribution < 1.29 is 9.84 Å². The predicted octanol–water partition coefficient (Wildman–Crippen LogP) is 1.09. The summed E-state index contributed by atoms with van der Waals surface area (Å²) in [7, 11) is 1.65. The lowest BCUT2D eigenvalue weighted by atomic mass is 9.73. The largest absolute Gasteiger partial charge is 0.497 e. The molecule has 1 saturated carbocycles. The Morgan fingerprint density at radius 2 is 2.27 bits per heavy atom. The van der Waals surface area contributed by atoms with E-state index in [1.165, 1.54) is 0 Å². The second-order valence-electron chi connectivity index (χ2n) is 4.42. The first kappa shape index (κ1) is 10.5. The molecule has 1 aliphatic carbocycles. The van der Waals surface area contributed by atoms with Crippen LogP contribution in [-0.2, 0) is 6.42 Å². The Bertz CT molecular complexity index is 345. The molecule has 1 fully saturated rings. The first-order valence-corrected chi connectivity index (χ1v) is 5.22. The van der Waals surface area contributed by atoms with Crippen LogP contribution in [0.1, 0.15) is 18.4 Å². The highest BCUT2D eigenvalue weighted by molar-refractivity contribution is 5.30. The average molecular weight is 207 g/mol. The minimum Gasteiger partial charge on any atom is -0.497 e. The Balaban J connectivity index is 2.04. The van der Waals surface area contributed by atoms with Gasteiger partial charge in [0.15, 0.2) is 0 Å². The third-order valence-electron chi connectivity index (χ3n) is 2.95. The lowest BCUT2D eigenvalue weighted by molar-refractivity contribution is -0.0455. The van der Waals surface area contributed by atoms with Crippen LogP contribution < -0.4 is 10.5 Å². The summed E-state index contributed by atoms with van der Waals surface area (Å²) in [5.41, 5.74) is 6.19. The number of nitrogens with two attached hydrogens (primary N) is 1. The summed E-state index contributed by atoms with van der Waals surface area (Å²) in [6.45, 7) is 0. The highest BCUT2D eigenvalue weighted by Crippen LogP contribution is 2.34. The molecule has 0 unspecified atom stereocenters. The quantitative estimate of drug-likeness (QED) is 0.780. The van der Waals surface area contributed by atoms with Crippen LogP contribution in [0.4, 0.5) is 0 Å². The smallest absolute Gasteiger partial charge is 0.119 e.